The molecule has 0 amide bonds. The third-order valence-electron chi connectivity index (χ3n) is 2.88. The number of hydrogen-bond donors (Lipinski definition) is 0. The maximum atomic E-state index is 11.9. The second-order valence-corrected chi connectivity index (χ2v) is 5.91. The van der Waals surface area contributed by atoms with E-state index in [1.165, 1.54) is 19.3 Å². The van der Waals surface area contributed by atoms with Crippen molar-refractivity contribution in [1.82, 2.24) is 0 Å². The summed E-state index contributed by atoms with van der Waals surface area (Å²) in [6.07, 6.45) is 4.45. The van der Waals surface area contributed by atoms with Gasteiger partial charge in [0.15, 0.2) is 5.78 Å². The van der Waals surface area contributed by atoms with Gasteiger partial charge in [0.1, 0.15) is 0 Å². The predicted molar refractivity (Wildman–Crippen MR) is 68.1 cm³/mol. The van der Waals surface area contributed by atoms with E-state index in [2.05, 4.69) is 31.9 Å². The quantitative estimate of drug-likeness (QED) is 0.741. The molecule has 0 spiro atoms. The number of ketones is 1. The van der Waals surface area contributed by atoms with Crippen LogP contribution in [-0.4, -0.2) is 5.78 Å². The molecule has 1 nitrogen and oxygen atoms in total. The molecular weight excluding hydrogens is 320 g/mol. The van der Waals surface area contributed by atoms with Crippen LogP contribution in [0.1, 0.15) is 36.0 Å². The lowest BCUT2D eigenvalue weighted by atomic mass is 9.81. The number of rotatable bonds is 3. The van der Waals surface area contributed by atoms with Crippen LogP contribution >= 0.6 is 31.9 Å². The zero-order chi connectivity index (χ0) is 10.8. The van der Waals surface area contributed by atoms with Gasteiger partial charge < -0.3 is 0 Å². The van der Waals surface area contributed by atoms with Gasteiger partial charge in [-0.15, -0.1) is 0 Å². The SMILES string of the molecule is O=C(CC1CCC1)c1cc(Br)cc(Br)c1. The fraction of sp³-hybridized carbons (Fsp3) is 0.417. The minimum absolute atomic E-state index is 0.265. The Morgan fingerprint density at radius 3 is 2.27 bits per heavy atom. The second kappa shape index (κ2) is 4.79. The molecule has 2 rings (SSSR count). The third kappa shape index (κ3) is 2.91. The molecule has 0 unspecified atom stereocenters. The molecule has 0 aliphatic heterocycles. The Bertz CT molecular complexity index is 363. The van der Waals surface area contributed by atoms with Gasteiger partial charge >= 0.3 is 0 Å². The Morgan fingerprint density at radius 2 is 1.80 bits per heavy atom. The molecule has 1 fully saturated rings. The summed E-state index contributed by atoms with van der Waals surface area (Å²) in [6, 6.07) is 5.73. The fourth-order valence-corrected chi connectivity index (χ4v) is 3.09. The first kappa shape index (κ1) is 11.3. The number of hydrogen-bond acceptors (Lipinski definition) is 1. The maximum absolute atomic E-state index is 11.9. The topological polar surface area (TPSA) is 17.1 Å². The molecule has 0 radical (unpaired) electrons. The molecular formula is C12H12Br2O. The minimum atomic E-state index is 0.265. The van der Waals surface area contributed by atoms with Crippen molar-refractivity contribution in [2.45, 2.75) is 25.7 Å². The molecule has 0 aromatic heterocycles. The lowest BCUT2D eigenvalue weighted by Crippen LogP contribution is -2.15. The predicted octanol–water partition coefficient (Wildman–Crippen LogP) is 4.58. The summed E-state index contributed by atoms with van der Waals surface area (Å²) >= 11 is 6.79. The van der Waals surface area contributed by atoms with Crippen LogP contribution in [-0.2, 0) is 0 Å². The van der Waals surface area contributed by atoms with Crippen LogP contribution < -0.4 is 0 Å². The molecule has 1 aliphatic carbocycles. The van der Waals surface area contributed by atoms with Crippen molar-refractivity contribution >= 4 is 37.6 Å². The minimum Gasteiger partial charge on any atom is -0.294 e. The highest BCUT2D eigenvalue weighted by molar-refractivity contribution is 9.11. The first-order valence-corrected chi connectivity index (χ1v) is 6.73. The smallest absolute Gasteiger partial charge is 0.163 e. The first-order valence-electron chi connectivity index (χ1n) is 5.14. The van der Waals surface area contributed by atoms with E-state index in [0.717, 1.165) is 14.5 Å². The Balaban J connectivity index is 2.10. The molecule has 1 aromatic rings. The van der Waals surface area contributed by atoms with Gasteiger partial charge in [0.05, 0.1) is 0 Å². The van der Waals surface area contributed by atoms with Gasteiger partial charge in [-0.2, -0.15) is 0 Å². The fourth-order valence-electron chi connectivity index (χ4n) is 1.79. The van der Waals surface area contributed by atoms with E-state index in [9.17, 15) is 4.79 Å². The Kier molecular flexibility index (Phi) is 3.62. The highest BCUT2D eigenvalue weighted by Crippen LogP contribution is 2.31. The Morgan fingerprint density at radius 1 is 1.20 bits per heavy atom. The molecule has 0 N–H and O–H groups in total. The van der Waals surface area contributed by atoms with Crippen LogP contribution in [0.4, 0.5) is 0 Å². The van der Waals surface area contributed by atoms with Crippen molar-refractivity contribution in [1.29, 1.82) is 0 Å². The first-order chi connectivity index (χ1) is 7.15. The normalized spacial score (nSPS) is 16.1. The van der Waals surface area contributed by atoms with Gasteiger partial charge in [-0.25, -0.2) is 0 Å². The Labute approximate surface area is 107 Å². The van der Waals surface area contributed by atoms with Crippen LogP contribution in [0.5, 0.6) is 0 Å². The molecule has 1 saturated carbocycles. The zero-order valence-electron chi connectivity index (χ0n) is 8.30. The number of benzene rings is 1. The van der Waals surface area contributed by atoms with Crippen LogP contribution in [0.15, 0.2) is 27.1 Å². The third-order valence-corrected chi connectivity index (χ3v) is 3.80. The van der Waals surface area contributed by atoms with Gasteiger partial charge in [0, 0.05) is 20.9 Å². The van der Waals surface area contributed by atoms with Crippen molar-refractivity contribution in [3.8, 4) is 0 Å². The number of carbonyl (C=O) groups excluding carboxylic acids is 1. The molecule has 0 bridgehead atoms. The standard InChI is InChI=1S/C12H12Br2O/c13-10-5-9(6-11(14)7-10)12(15)4-8-2-1-3-8/h5-8H,1-4H2. The van der Waals surface area contributed by atoms with E-state index in [-0.39, 0.29) is 5.78 Å². The number of carbonyl (C=O) groups is 1. The van der Waals surface area contributed by atoms with Crippen molar-refractivity contribution in [3.63, 3.8) is 0 Å². The summed E-state index contributed by atoms with van der Waals surface area (Å²) in [5.74, 6) is 0.900. The summed E-state index contributed by atoms with van der Waals surface area (Å²) < 4.78 is 1.91. The van der Waals surface area contributed by atoms with Gasteiger partial charge in [0.25, 0.3) is 0 Å². The van der Waals surface area contributed by atoms with Gasteiger partial charge in [-0.05, 0) is 24.1 Å². The van der Waals surface area contributed by atoms with E-state index in [0.29, 0.717) is 12.3 Å². The molecule has 1 aliphatic rings. The lowest BCUT2D eigenvalue weighted by Gasteiger charge is -2.24. The molecule has 80 valence electrons. The van der Waals surface area contributed by atoms with Crippen LogP contribution in [0, 0.1) is 5.92 Å². The monoisotopic (exact) mass is 330 g/mol. The number of Topliss-reactive ketones (excluding diaryl/α,β-unsaturated/α-hetero) is 1. The maximum Gasteiger partial charge on any atom is 0.163 e. The summed E-state index contributed by atoms with van der Waals surface area (Å²) in [5, 5.41) is 0. The molecule has 1 aromatic carbocycles. The van der Waals surface area contributed by atoms with Crippen molar-refractivity contribution in [3.05, 3.63) is 32.7 Å². The van der Waals surface area contributed by atoms with Crippen molar-refractivity contribution in [2.75, 3.05) is 0 Å². The van der Waals surface area contributed by atoms with E-state index in [4.69, 9.17) is 0 Å². The number of halogens is 2. The molecule has 3 heteroatoms. The van der Waals surface area contributed by atoms with Gasteiger partial charge in [-0.1, -0.05) is 51.1 Å². The zero-order valence-corrected chi connectivity index (χ0v) is 11.5. The van der Waals surface area contributed by atoms with Crippen molar-refractivity contribution in [2.24, 2.45) is 5.92 Å². The highest BCUT2D eigenvalue weighted by atomic mass is 79.9. The molecule has 0 heterocycles. The van der Waals surface area contributed by atoms with E-state index >= 15 is 0 Å². The summed E-state index contributed by atoms with van der Waals surface area (Å²) in [4.78, 5) is 11.9. The summed E-state index contributed by atoms with van der Waals surface area (Å²) in [5.41, 5.74) is 0.808. The van der Waals surface area contributed by atoms with Crippen LogP contribution in [0.3, 0.4) is 0 Å². The molecule has 0 atom stereocenters. The average molecular weight is 332 g/mol. The van der Waals surface area contributed by atoms with E-state index < -0.39 is 0 Å². The van der Waals surface area contributed by atoms with Crippen LogP contribution in [0.2, 0.25) is 0 Å². The van der Waals surface area contributed by atoms with Gasteiger partial charge in [-0.3, -0.25) is 4.79 Å². The van der Waals surface area contributed by atoms with Gasteiger partial charge in [0.2, 0.25) is 0 Å². The summed E-state index contributed by atoms with van der Waals surface area (Å²) in [7, 11) is 0. The Hall–Kier alpha value is -0.150. The van der Waals surface area contributed by atoms with E-state index in [1.807, 2.05) is 18.2 Å². The molecule has 15 heavy (non-hydrogen) atoms. The summed E-state index contributed by atoms with van der Waals surface area (Å²) in [6.45, 7) is 0. The highest BCUT2D eigenvalue weighted by Gasteiger charge is 2.21. The molecule has 0 saturated heterocycles. The van der Waals surface area contributed by atoms with E-state index in [1.54, 1.807) is 0 Å². The lowest BCUT2D eigenvalue weighted by molar-refractivity contribution is 0.0936. The average Bonchev–Trinajstić information content (AvgIpc) is 2.09. The van der Waals surface area contributed by atoms with Crippen LogP contribution in [0.25, 0.3) is 0 Å². The second-order valence-electron chi connectivity index (χ2n) is 4.08. The largest absolute Gasteiger partial charge is 0.294 e. The van der Waals surface area contributed by atoms with Crippen molar-refractivity contribution < 1.29 is 4.79 Å².